The summed E-state index contributed by atoms with van der Waals surface area (Å²) in [7, 11) is 1.24. The van der Waals surface area contributed by atoms with Crippen molar-refractivity contribution in [1.82, 2.24) is 0 Å². The van der Waals surface area contributed by atoms with Crippen LogP contribution in [-0.2, 0) is 95.0 Å². The number of aliphatic hydroxyl groups is 11. The predicted molar refractivity (Wildman–Crippen MR) is 313 cm³/mol. The summed E-state index contributed by atoms with van der Waals surface area (Å²) >= 11 is 0. The fraction of sp³-hybridized carbons (Fsp3) is 0.548. The number of methoxy groups -OCH3 is 1. The minimum atomic E-state index is -3.04. The highest BCUT2D eigenvalue weighted by atomic mass is 16.8. The number of carbonyl (C=O) groups excluding carboxylic acids is 6. The van der Waals surface area contributed by atoms with Crippen LogP contribution in [0.4, 0.5) is 0 Å². The summed E-state index contributed by atoms with van der Waals surface area (Å²) < 4.78 is 95.4. The van der Waals surface area contributed by atoms with Gasteiger partial charge in [-0.15, -0.1) is 0 Å². The molecule has 5 heterocycles. The van der Waals surface area contributed by atoms with E-state index < -0.39 is 222 Å². The van der Waals surface area contributed by atoms with Gasteiger partial charge in [0.2, 0.25) is 5.79 Å². The highest BCUT2D eigenvalue weighted by Crippen LogP contribution is 2.43. The smallest absolute Gasteiger partial charge is 0.338 e. The van der Waals surface area contributed by atoms with Crippen LogP contribution in [0.1, 0.15) is 42.3 Å². The molecule has 534 valence electrons. The molecule has 5 saturated heterocycles. The van der Waals surface area contributed by atoms with Crippen LogP contribution in [0.15, 0.2) is 84.9 Å². The first-order valence-corrected chi connectivity index (χ1v) is 30.0. The molecule has 24 unspecified atom stereocenters. The third kappa shape index (κ3) is 18.5. The molecule has 5 aliphatic rings. The van der Waals surface area contributed by atoms with E-state index in [1.165, 1.54) is 79.9 Å². The van der Waals surface area contributed by atoms with Crippen molar-refractivity contribution in [2.24, 2.45) is 0 Å². The van der Waals surface area contributed by atoms with Crippen LogP contribution in [0.3, 0.4) is 0 Å². The van der Waals surface area contributed by atoms with Gasteiger partial charge in [0.05, 0.1) is 32.5 Å². The van der Waals surface area contributed by atoms with Crippen LogP contribution < -0.4 is 4.74 Å². The maximum Gasteiger partial charge on any atom is 0.338 e. The summed E-state index contributed by atoms with van der Waals surface area (Å²) in [5.41, 5.74) is 0.382. The van der Waals surface area contributed by atoms with Gasteiger partial charge in [0.15, 0.2) is 55.0 Å². The number of carbonyl (C=O) groups is 6. The highest BCUT2D eigenvalue weighted by Gasteiger charge is 2.65. The number of ether oxygens (including phenoxy) is 16. The highest BCUT2D eigenvalue weighted by molar-refractivity contribution is 5.90. The zero-order valence-corrected chi connectivity index (χ0v) is 52.1. The molecule has 0 bridgehead atoms. The van der Waals surface area contributed by atoms with Crippen molar-refractivity contribution in [2.75, 3.05) is 46.8 Å². The Bertz CT molecular complexity index is 3180. The molecule has 13 N–H and O–H groups in total. The largest absolute Gasteiger partial charge is 0.508 e. The summed E-state index contributed by atoms with van der Waals surface area (Å²) in [6.45, 7) is -3.72. The molecular weight excluding hydrogens is 1300 g/mol. The second kappa shape index (κ2) is 33.9. The molecular formula is C62H76O35. The molecule has 97 heavy (non-hydrogen) atoms. The molecule has 8 rings (SSSR count). The molecule has 35 heteroatoms. The Morgan fingerprint density at radius 3 is 1.55 bits per heavy atom. The minimum absolute atomic E-state index is 0.0487. The average Bonchev–Trinajstić information content (AvgIpc) is 1.72. The number of phenols is 2. The molecule has 35 nitrogen and oxygen atoms in total. The molecule has 5 aliphatic heterocycles. The van der Waals surface area contributed by atoms with Crippen LogP contribution in [0.25, 0.3) is 12.2 Å². The lowest BCUT2D eigenvalue weighted by Crippen LogP contribution is -2.70. The fourth-order valence-electron chi connectivity index (χ4n) is 10.9. The number of rotatable bonds is 26. The number of hydrogen-bond donors (Lipinski definition) is 13. The zero-order valence-electron chi connectivity index (χ0n) is 52.1. The fourth-order valence-corrected chi connectivity index (χ4v) is 10.9. The summed E-state index contributed by atoms with van der Waals surface area (Å²) in [5, 5.41) is 143. The summed E-state index contributed by atoms with van der Waals surface area (Å²) in [5.74, 6) is -10.4. The molecule has 5 fully saturated rings. The van der Waals surface area contributed by atoms with Gasteiger partial charge >= 0.3 is 35.8 Å². The van der Waals surface area contributed by atoms with E-state index in [-0.39, 0.29) is 28.4 Å². The van der Waals surface area contributed by atoms with Gasteiger partial charge in [-0.2, -0.15) is 0 Å². The first kappa shape index (κ1) is 75.3. The Labute approximate surface area is 550 Å². The maximum absolute atomic E-state index is 14.5. The van der Waals surface area contributed by atoms with Gasteiger partial charge in [0.25, 0.3) is 0 Å². The molecule has 24 atom stereocenters. The van der Waals surface area contributed by atoms with E-state index in [1.54, 1.807) is 6.07 Å². The molecule has 0 radical (unpaired) electrons. The van der Waals surface area contributed by atoms with E-state index in [4.69, 9.17) is 75.8 Å². The second-order valence-corrected chi connectivity index (χ2v) is 22.6. The van der Waals surface area contributed by atoms with E-state index in [9.17, 15) is 95.2 Å². The lowest BCUT2D eigenvalue weighted by atomic mass is 9.95. The lowest BCUT2D eigenvalue weighted by Gasteiger charge is -2.51. The topological polar surface area (TPSA) is 513 Å². The van der Waals surface area contributed by atoms with Gasteiger partial charge in [0.1, 0.15) is 123 Å². The van der Waals surface area contributed by atoms with Gasteiger partial charge in [-0.1, -0.05) is 36.4 Å². The summed E-state index contributed by atoms with van der Waals surface area (Å²) in [6.07, 6.45) is -46.2. The molecule has 0 spiro atoms. The van der Waals surface area contributed by atoms with Crippen LogP contribution in [-0.4, -0.2) is 296 Å². The van der Waals surface area contributed by atoms with Crippen molar-refractivity contribution in [3.63, 3.8) is 0 Å². The Balaban J connectivity index is 1.33. The number of esters is 6. The second-order valence-electron chi connectivity index (χ2n) is 22.6. The van der Waals surface area contributed by atoms with Crippen molar-refractivity contribution in [2.45, 2.75) is 168 Å². The standard InChI is InChI=1S/C62H76O35/c1-27(66)83-24-39-51(86-29(3)68)53(92-58-48(78)46(76)43(73)36(21-63)87-58)50(80)60(89-39)93-54-52(91-42(72)19-14-31-12-17-34(70)35(20-31)82-4)40(25-84-28(2)67)90-61(55(54)94-59-49(79)47(77)44(74)37(22-64)88-59)97-62(26-85-41(71)18-13-30-10-15-33(69)16-11-30)56(45(75)38(23-65)96-62)95-57(81)32-8-6-5-7-9-32/h5-20,36-40,43-56,58-61,63-65,69-70,73-80H,21-26H2,1-4H3. The number of aliphatic hydroxyl groups excluding tert-OH is 11. The van der Waals surface area contributed by atoms with Crippen LogP contribution in [0.2, 0.25) is 0 Å². The Hall–Kier alpha value is -7.44. The quantitative estimate of drug-likeness (QED) is 0.0205. The molecule has 3 aromatic carbocycles. The van der Waals surface area contributed by atoms with Crippen molar-refractivity contribution < 1.29 is 171 Å². The number of phenolic OH excluding ortho intramolecular Hbond substituents is 2. The molecule has 3 aromatic rings. The van der Waals surface area contributed by atoms with Crippen LogP contribution in [0, 0.1) is 0 Å². The van der Waals surface area contributed by atoms with E-state index in [2.05, 4.69) is 0 Å². The first-order chi connectivity index (χ1) is 46.2. The number of aromatic hydroxyl groups is 2. The minimum Gasteiger partial charge on any atom is -0.508 e. The number of benzene rings is 3. The molecule has 0 aromatic heterocycles. The van der Waals surface area contributed by atoms with Gasteiger partial charge in [-0.05, 0) is 59.7 Å². The molecule has 0 amide bonds. The van der Waals surface area contributed by atoms with Gasteiger partial charge in [-0.3, -0.25) is 14.4 Å². The number of hydrogen-bond acceptors (Lipinski definition) is 35. The Morgan fingerprint density at radius 2 is 0.990 bits per heavy atom. The normalized spacial score (nSPS) is 35.1. The maximum atomic E-state index is 14.5. The average molecular weight is 1380 g/mol. The zero-order chi connectivity index (χ0) is 70.6. The Morgan fingerprint density at radius 1 is 0.485 bits per heavy atom. The third-order valence-corrected chi connectivity index (χ3v) is 15.8. The van der Waals surface area contributed by atoms with Crippen molar-refractivity contribution in [3.05, 3.63) is 102 Å². The van der Waals surface area contributed by atoms with E-state index in [0.29, 0.717) is 5.56 Å². The van der Waals surface area contributed by atoms with Crippen molar-refractivity contribution in [1.29, 1.82) is 0 Å². The predicted octanol–water partition coefficient (Wildman–Crippen LogP) is -4.40. The van der Waals surface area contributed by atoms with Gasteiger partial charge < -0.3 is 142 Å². The van der Waals surface area contributed by atoms with Gasteiger partial charge in [-0.25, -0.2) is 14.4 Å². The van der Waals surface area contributed by atoms with E-state index in [0.717, 1.165) is 39.0 Å². The SMILES string of the molecule is COc1cc(C=CC(=O)OC2C(COC(C)=O)OC(OC3(COC(=O)C=Cc4ccc(O)cc4)OC(CO)C(O)C3OC(=O)c3ccccc3)C(OC3OC(CO)C(O)C(O)C3O)C2OC2OC(COC(C)=O)C(OC(C)=O)C(OC3OC(CO)C(O)C(O)C3O)C2O)ccc1O. The monoisotopic (exact) mass is 1380 g/mol. The van der Waals surface area contributed by atoms with E-state index in [1.807, 2.05) is 0 Å². The van der Waals surface area contributed by atoms with E-state index >= 15 is 0 Å². The third-order valence-electron chi connectivity index (χ3n) is 15.8. The summed E-state index contributed by atoms with van der Waals surface area (Å²) in [6, 6.07) is 16.3. The first-order valence-electron chi connectivity index (χ1n) is 30.0. The lowest BCUT2D eigenvalue weighted by molar-refractivity contribution is -0.423. The molecule has 0 saturated carbocycles. The van der Waals surface area contributed by atoms with Gasteiger partial charge in [0, 0.05) is 32.9 Å². The summed E-state index contributed by atoms with van der Waals surface area (Å²) in [4.78, 5) is 80.9. The Kier molecular flexibility index (Phi) is 26.3. The van der Waals surface area contributed by atoms with Crippen molar-refractivity contribution >= 4 is 48.0 Å². The van der Waals surface area contributed by atoms with Crippen molar-refractivity contribution in [3.8, 4) is 17.2 Å². The van der Waals surface area contributed by atoms with Crippen LogP contribution in [0.5, 0.6) is 17.2 Å². The van der Waals surface area contributed by atoms with Crippen LogP contribution >= 0.6 is 0 Å². The molecule has 0 aliphatic carbocycles.